The third-order valence-corrected chi connectivity index (χ3v) is 4.77. The molecule has 7 nitrogen and oxygen atoms in total. The highest BCUT2D eigenvalue weighted by Crippen LogP contribution is 2.28. The Bertz CT molecular complexity index is 713. The maximum Gasteiger partial charge on any atom is 0.336 e. The molecule has 1 aromatic carbocycles. The van der Waals surface area contributed by atoms with Crippen molar-refractivity contribution in [3.05, 3.63) is 29.8 Å². The van der Waals surface area contributed by atoms with Gasteiger partial charge in [0.1, 0.15) is 4.90 Å². The minimum atomic E-state index is -3.66. The van der Waals surface area contributed by atoms with E-state index in [2.05, 4.69) is 9.13 Å². The molecule has 0 radical (unpaired) electrons. The van der Waals surface area contributed by atoms with E-state index in [1.165, 1.54) is 13.2 Å². The fourth-order valence-electron chi connectivity index (χ4n) is 2.43. The third-order valence-electron chi connectivity index (χ3n) is 3.44. The number of rotatable bonds is 1. The minimum Gasteiger partial charge on any atom is -0.467 e. The number of esters is 1. The summed E-state index contributed by atoms with van der Waals surface area (Å²) in [6.45, 7) is 0.993. The van der Waals surface area contributed by atoms with E-state index in [1.54, 1.807) is 23.1 Å². The van der Waals surface area contributed by atoms with Crippen LogP contribution in [0, 0.1) is 0 Å². The van der Waals surface area contributed by atoms with Crippen LogP contribution in [0.4, 0.5) is 0 Å². The SMILES string of the molecule is COC(=O)C1CN(C2=NS(=O)(=O)c3ccccc32)CCO1. The Morgan fingerprint density at radius 3 is 2.95 bits per heavy atom. The fraction of sp³-hybridized carbons (Fsp3) is 0.385. The molecule has 1 fully saturated rings. The van der Waals surface area contributed by atoms with Crippen molar-refractivity contribution in [3.8, 4) is 0 Å². The van der Waals surface area contributed by atoms with Gasteiger partial charge in [0.2, 0.25) is 0 Å². The van der Waals surface area contributed by atoms with Crippen LogP contribution in [0.15, 0.2) is 33.6 Å². The summed E-state index contributed by atoms with van der Waals surface area (Å²) in [4.78, 5) is 13.5. The van der Waals surface area contributed by atoms with Crippen LogP contribution in [0.25, 0.3) is 0 Å². The number of hydrogen-bond acceptors (Lipinski definition) is 6. The molecule has 0 bridgehead atoms. The van der Waals surface area contributed by atoms with Gasteiger partial charge in [0, 0.05) is 12.1 Å². The lowest BCUT2D eigenvalue weighted by Crippen LogP contribution is -2.48. The molecule has 112 valence electrons. The first-order valence-corrected chi connectivity index (χ1v) is 7.85. The van der Waals surface area contributed by atoms with E-state index < -0.39 is 22.1 Å². The van der Waals surface area contributed by atoms with Crippen LogP contribution in [0.1, 0.15) is 5.56 Å². The van der Waals surface area contributed by atoms with Crippen LogP contribution in [0.5, 0.6) is 0 Å². The number of benzene rings is 1. The number of sulfonamides is 1. The molecule has 1 atom stereocenters. The molecule has 0 amide bonds. The van der Waals surface area contributed by atoms with Crippen LogP contribution >= 0.6 is 0 Å². The van der Waals surface area contributed by atoms with Crippen molar-refractivity contribution < 1.29 is 22.7 Å². The average Bonchev–Trinajstić information content (AvgIpc) is 2.79. The summed E-state index contributed by atoms with van der Waals surface area (Å²) in [5, 5.41) is 0. The molecule has 2 heterocycles. The van der Waals surface area contributed by atoms with Crippen molar-refractivity contribution in [1.82, 2.24) is 4.90 Å². The molecule has 2 aliphatic heterocycles. The monoisotopic (exact) mass is 310 g/mol. The van der Waals surface area contributed by atoms with Crippen LogP contribution in [-0.4, -0.2) is 58.0 Å². The van der Waals surface area contributed by atoms with Gasteiger partial charge in [-0.2, -0.15) is 8.42 Å². The first-order valence-electron chi connectivity index (χ1n) is 6.41. The van der Waals surface area contributed by atoms with Crippen LogP contribution in [-0.2, 0) is 24.3 Å². The second-order valence-electron chi connectivity index (χ2n) is 4.71. The van der Waals surface area contributed by atoms with E-state index in [0.29, 0.717) is 24.6 Å². The number of hydrogen-bond donors (Lipinski definition) is 0. The lowest BCUT2D eigenvalue weighted by atomic mass is 10.1. The lowest BCUT2D eigenvalue weighted by Gasteiger charge is -2.32. The van der Waals surface area contributed by atoms with Crippen molar-refractivity contribution in [1.29, 1.82) is 0 Å². The maximum atomic E-state index is 12.0. The van der Waals surface area contributed by atoms with Gasteiger partial charge in [0.05, 0.1) is 20.3 Å². The summed E-state index contributed by atoms with van der Waals surface area (Å²) >= 11 is 0. The molecular formula is C13H14N2O5S. The molecular weight excluding hydrogens is 296 g/mol. The van der Waals surface area contributed by atoms with Gasteiger partial charge in [-0.05, 0) is 12.1 Å². The Balaban J connectivity index is 1.93. The number of ether oxygens (including phenoxy) is 2. The number of carbonyl (C=O) groups excluding carboxylic acids is 1. The van der Waals surface area contributed by atoms with Gasteiger partial charge >= 0.3 is 5.97 Å². The predicted molar refractivity (Wildman–Crippen MR) is 73.5 cm³/mol. The third kappa shape index (κ3) is 2.40. The van der Waals surface area contributed by atoms with Gasteiger partial charge in [-0.3, -0.25) is 0 Å². The zero-order valence-electron chi connectivity index (χ0n) is 11.4. The molecule has 21 heavy (non-hydrogen) atoms. The molecule has 8 heteroatoms. The summed E-state index contributed by atoms with van der Waals surface area (Å²) in [6, 6.07) is 6.65. The Hall–Kier alpha value is -1.93. The zero-order valence-corrected chi connectivity index (χ0v) is 12.2. The molecule has 0 saturated carbocycles. The van der Waals surface area contributed by atoms with Gasteiger partial charge in [0.15, 0.2) is 11.9 Å². The van der Waals surface area contributed by atoms with Gasteiger partial charge in [0.25, 0.3) is 10.0 Å². The molecule has 0 N–H and O–H groups in total. The number of amidine groups is 1. The Morgan fingerprint density at radius 1 is 1.43 bits per heavy atom. The van der Waals surface area contributed by atoms with Gasteiger partial charge in [-0.15, -0.1) is 4.40 Å². The maximum absolute atomic E-state index is 12.0. The summed E-state index contributed by atoms with van der Waals surface area (Å²) in [7, 11) is -2.37. The van der Waals surface area contributed by atoms with E-state index in [0.717, 1.165) is 0 Å². The molecule has 1 aromatic rings. The van der Waals surface area contributed by atoms with Crippen molar-refractivity contribution >= 4 is 21.8 Å². The van der Waals surface area contributed by atoms with Crippen LogP contribution in [0.3, 0.4) is 0 Å². The normalized spacial score (nSPS) is 23.4. The van der Waals surface area contributed by atoms with E-state index in [-0.39, 0.29) is 11.4 Å². The Kier molecular flexibility index (Phi) is 3.42. The van der Waals surface area contributed by atoms with Gasteiger partial charge in [-0.1, -0.05) is 12.1 Å². The van der Waals surface area contributed by atoms with Gasteiger partial charge in [-0.25, -0.2) is 4.79 Å². The smallest absolute Gasteiger partial charge is 0.336 e. The predicted octanol–water partition coefficient (Wildman–Crippen LogP) is 0.00930. The van der Waals surface area contributed by atoms with E-state index >= 15 is 0 Å². The molecule has 1 unspecified atom stereocenters. The van der Waals surface area contributed by atoms with Crippen molar-refractivity contribution in [3.63, 3.8) is 0 Å². The molecule has 0 spiro atoms. The fourth-order valence-corrected chi connectivity index (χ4v) is 3.66. The first-order chi connectivity index (χ1) is 10.0. The van der Waals surface area contributed by atoms with Gasteiger partial charge < -0.3 is 14.4 Å². The number of carbonyl (C=O) groups is 1. The second-order valence-corrected chi connectivity index (χ2v) is 6.29. The molecule has 3 rings (SSSR count). The number of morpholine rings is 1. The van der Waals surface area contributed by atoms with E-state index in [1.807, 2.05) is 0 Å². The Morgan fingerprint density at radius 2 is 2.19 bits per heavy atom. The average molecular weight is 310 g/mol. The summed E-state index contributed by atoms with van der Waals surface area (Å²) in [5.74, 6) is -0.114. The second kappa shape index (κ2) is 5.12. The Labute approximate surface area is 122 Å². The van der Waals surface area contributed by atoms with Crippen molar-refractivity contribution in [2.75, 3.05) is 26.8 Å². The van der Waals surface area contributed by atoms with Crippen LogP contribution in [0.2, 0.25) is 0 Å². The highest BCUT2D eigenvalue weighted by Gasteiger charge is 2.35. The van der Waals surface area contributed by atoms with E-state index in [4.69, 9.17) is 4.74 Å². The molecule has 0 aromatic heterocycles. The zero-order chi connectivity index (χ0) is 15.0. The summed E-state index contributed by atoms with van der Waals surface area (Å²) < 4.78 is 37.9. The molecule has 2 aliphatic rings. The molecule has 0 aliphatic carbocycles. The number of methoxy groups -OCH3 is 1. The summed E-state index contributed by atoms with van der Waals surface area (Å²) in [6.07, 6.45) is -0.734. The lowest BCUT2D eigenvalue weighted by molar-refractivity contribution is -0.157. The number of nitrogens with zero attached hydrogens (tertiary/aromatic N) is 2. The van der Waals surface area contributed by atoms with Crippen molar-refractivity contribution in [2.24, 2.45) is 4.40 Å². The highest BCUT2D eigenvalue weighted by atomic mass is 32.2. The van der Waals surface area contributed by atoms with Crippen molar-refractivity contribution in [2.45, 2.75) is 11.0 Å². The quantitative estimate of drug-likeness (QED) is 0.679. The largest absolute Gasteiger partial charge is 0.467 e. The minimum absolute atomic E-state index is 0.195. The topological polar surface area (TPSA) is 85.3 Å². The molecule has 1 saturated heterocycles. The first kappa shape index (κ1) is 14.0. The summed E-state index contributed by atoms with van der Waals surface area (Å²) in [5.41, 5.74) is 0.558. The highest BCUT2D eigenvalue weighted by molar-refractivity contribution is 7.90. The number of fused-ring (bicyclic) bond motifs is 1. The van der Waals surface area contributed by atoms with E-state index in [9.17, 15) is 13.2 Å². The van der Waals surface area contributed by atoms with Crippen LogP contribution < -0.4 is 0 Å². The standard InChI is InChI=1S/C13H14N2O5S/c1-19-13(16)10-8-15(6-7-20-10)12-9-4-2-3-5-11(9)21(17,18)14-12/h2-5,10H,6-8H2,1H3.